The van der Waals surface area contributed by atoms with E-state index in [4.69, 9.17) is 5.73 Å². The maximum atomic E-state index is 5.90. The van der Waals surface area contributed by atoms with Crippen LogP contribution in [-0.2, 0) is 6.42 Å². The smallest absolute Gasteiger partial charge is 0.141 e. The zero-order chi connectivity index (χ0) is 17.9. The van der Waals surface area contributed by atoms with Crippen LogP contribution in [-0.4, -0.2) is 15.0 Å². The monoisotopic (exact) mass is 341 g/mol. The van der Waals surface area contributed by atoms with E-state index in [0.29, 0.717) is 5.69 Å². The lowest BCUT2D eigenvalue weighted by molar-refractivity contribution is 1.11. The lowest BCUT2D eigenvalue weighted by Crippen LogP contribution is -1.97. The Morgan fingerprint density at radius 3 is 2.46 bits per heavy atom. The molecule has 3 N–H and O–H groups in total. The predicted octanol–water partition coefficient (Wildman–Crippen LogP) is 4.25. The van der Waals surface area contributed by atoms with Crippen molar-refractivity contribution in [1.29, 1.82) is 0 Å². The summed E-state index contributed by atoms with van der Waals surface area (Å²) in [5, 5.41) is 4.26. The largest absolute Gasteiger partial charge is 0.399 e. The van der Waals surface area contributed by atoms with Gasteiger partial charge in [0.15, 0.2) is 0 Å². The van der Waals surface area contributed by atoms with Crippen molar-refractivity contribution in [2.24, 2.45) is 0 Å². The molecule has 0 amide bonds. The molecule has 2 heterocycles. The van der Waals surface area contributed by atoms with Gasteiger partial charge < -0.3 is 11.1 Å². The molecule has 5 nitrogen and oxygen atoms in total. The van der Waals surface area contributed by atoms with Crippen molar-refractivity contribution in [3.05, 3.63) is 83.9 Å². The molecular weight excluding hydrogens is 322 g/mol. The summed E-state index contributed by atoms with van der Waals surface area (Å²) in [6, 6.07) is 18.1. The number of nitrogens with one attached hydrogen (secondary N) is 1. The molecule has 0 spiro atoms. The second-order valence-corrected chi connectivity index (χ2v) is 6.31. The van der Waals surface area contributed by atoms with Gasteiger partial charge in [0.2, 0.25) is 0 Å². The second kappa shape index (κ2) is 6.80. The maximum absolute atomic E-state index is 5.90. The Hall–Kier alpha value is -3.47. The molecule has 0 aliphatic carbocycles. The Morgan fingerprint density at radius 1 is 0.885 bits per heavy atom. The van der Waals surface area contributed by atoms with Crippen molar-refractivity contribution in [2.75, 3.05) is 11.1 Å². The van der Waals surface area contributed by atoms with E-state index in [1.54, 1.807) is 6.33 Å². The number of hydrogen-bond acceptors (Lipinski definition) is 5. The van der Waals surface area contributed by atoms with Crippen LogP contribution in [0.2, 0.25) is 0 Å². The minimum atomic E-state index is 0.692. The fraction of sp³-hybridized carbons (Fsp3) is 0.0952. The van der Waals surface area contributed by atoms with Crippen molar-refractivity contribution in [1.82, 2.24) is 15.0 Å². The van der Waals surface area contributed by atoms with Crippen molar-refractivity contribution < 1.29 is 0 Å². The van der Waals surface area contributed by atoms with Crippen LogP contribution in [0.5, 0.6) is 0 Å². The molecule has 4 aromatic rings. The Bertz CT molecular complexity index is 1040. The summed E-state index contributed by atoms with van der Waals surface area (Å²) in [5.74, 6) is 0.748. The number of aromatic nitrogens is 3. The van der Waals surface area contributed by atoms with Gasteiger partial charge >= 0.3 is 0 Å². The number of nitrogen functional groups attached to an aromatic ring is 1. The van der Waals surface area contributed by atoms with Crippen LogP contribution in [0, 0.1) is 6.92 Å². The van der Waals surface area contributed by atoms with E-state index in [1.807, 2.05) is 37.4 Å². The molecule has 2 aromatic carbocycles. The molecule has 128 valence electrons. The second-order valence-electron chi connectivity index (χ2n) is 6.31. The summed E-state index contributed by atoms with van der Waals surface area (Å²) in [6.07, 6.45) is 4.35. The van der Waals surface area contributed by atoms with Crippen molar-refractivity contribution in [3.63, 3.8) is 0 Å². The van der Waals surface area contributed by atoms with Gasteiger partial charge in [-0.2, -0.15) is 0 Å². The fourth-order valence-corrected chi connectivity index (χ4v) is 2.86. The average molecular weight is 341 g/mol. The first-order valence-electron chi connectivity index (χ1n) is 8.45. The number of pyridine rings is 1. The molecule has 5 heteroatoms. The minimum Gasteiger partial charge on any atom is -0.399 e. The maximum Gasteiger partial charge on any atom is 0.141 e. The molecule has 0 aliphatic rings. The summed E-state index contributed by atoms with van der Waals surface area (Å²) < 4.78 is 0. The van der Waals surface area contributed by atoms with Crippen molar-refractivity contribution in [3.8, 4) is 0 Å². The average Bonchev–Trinajstić information content (AvgIpc) is 2.66. The standard InChI is InChI=1S/C21H19N5/c1-14-2-3-16(12-23-14)10-15-4-7-18(8-5-15)26-21-19-11-17(22)6-9-20(19)24-13-25-21/h2-9,11-13H,10,22H2,1H3,(H,24,25,26). The van der Waals surface area contributed by atoms with Gasteiger partial charge in [0.05, 0.1) is 5.52 Å². The fourth-order valence-electron chi connectivity index (χ4n) is 2.86. The van der Waals surface area contributed by atoms with Gasteiger partial charge in [-0.1, -0.05) is 18.2 Å². The van der Waals surface area contributed by atoms with E-state index in [-0.39, 0.29) is 0 Å². The topological polar surface area (TPSA) is 76.7 Å². The van der Waals surface area contributed by atoms with E-state index in [9.17, 15) is 0 Å². The van der Waals surface area contributed by atoms with Crippen LogP contribution >= 0.6 is 0 Å². The highest BCUT2D eigenvalue weighted by Gasteiger charge is 2.05. The zero-order valence-corrected chi connectivity index (χ0v) is 14.5. The van der Waals surface area contributed by atoms with Crippen LogP contribution in [0.3, 0.4) is 0 Å². The molecule has 0 fully saturated rings. The Labute approximate surface area is 152 Å². The molecule has 0 bridgehead atoms. The minimum absolute atomic E-state index is 0.692. The molecule has 26 heavy (non-hydrogen) atoms. The number of benzene rings is 2. The molecule has 0 aliphatic heterocycles. The van der Waals surface area contributed by atoms with Crippen LogP contribution in [0.15, 0.2) is 67.1 Å². The Kier molecular flexibility index (Phi) is 4.19. The molecule has 0 atom stereocenters. The first kappa shape index (κ1) is 16.0. The summed E-state index contributed by atoms with van der Waals surface area (Å²) in [6.45, 7) is 1.99. The normalized spacial score (nSPS) is 10.8. The first-order valence-corrected chi connectivity index (χ1v) is 8.45. The predicted molar refractivity (Wildman–Crippen MR) is 105 cm³/mol. The third kappa shape index (κ3) is 3.47. The highest BCUT2D eigenvalue weighted by atomic mass is 15.0. The van der Waals surface area contributed by atoms with Gasteiger partial charge in [0.1, 0.15) is 12.1 Å². The highest BCUT2D eigenvalue weighted by Crippen LogP contribution is 2.25. The van der Waals surface area contributed by atoms with Crippen LogP contribution in [0.1, 0.15) is 16.8 Å². The number of hydrogen-bond donors (Lipinski definition) is 2. The van der Waals surface area contributed by atoms with Gasteiger partial charge in [-0.05, 0) is 60.9 Å². The molecule has 0 radical (unpaired) electrons. The van der Waals surface area contributed by atoms with E-state index in [1.165, 1.54) is 11.1 Å². The quantitative estimate of drug-likeness (QED) is 0.543. The number of fused-ring (bicyclic) bond motifs is 1. The SMILES string of the molecule is Cc1ccc(Cc2ccc(Nc3ncnc4ccc(N)cc34)cc2)cn1. The van der Waals surface area contributed by atoms with E-state index < -0.39 is 0 Å². The summed E-state index contributed by atoms with van der Waals surface area (Å²) in [7, 11) is 0. The lowest BCUT2D eigenvalue weighted by Gasteiger charge is -2.10. The Balaban J connectivity index is 1.54. The van der Waals surface area contributed by atoms with Crippen LogP contribution in [0.4, 0.5) is 17.2 Å². The van der Waals surface area contributed by atoms with Gasteiger partial charge in [-0.25, -0.2) is 9.97 Å². The van der Waals surface area contributed by atoms with Crippen LogP contribution in [0.25, 0.3) is 10.9 Å². The molecule has 2 aromatic heterocycles. The zero-order valence-electron chi connectivity index (χ0n) is 14.5. The van der Waals surface area contributed by atoms with Gasteiger partial charge in [-0.3, -0.25) is 4.98 Å². The number of anilines is 3. The Morgan fingerprint density at radius 2 is 1.69 bits per heavy atom. The number of nitrogens with two attached hydrogens (primary N) is 1. The summed E-state index contributed by atoms with van der Waals surface area (Å²) >= 11 is 0. The van der Waals surface area contributed by atoms with Gasteiger partial charge in [-0.15, -0.1) is 0 Å². The first-order chi connectivity index (χ1) is 12.7. The third-order valence-corrected chi connectivity index (χ3v) is 4.26. The van der Waals surface area contributed by atoms with Crippen molar-refractivity contribution in [2.45, 2.75) is 13.3 Å². The molecule has 0 unspecified atom stereocenters. The molecule has 0 saturated heterocycles. The summed E-state index contributed by atoms with van der Waals surface area (Å²) in [4.78, 5) is 13.0. The number of rotatable bonds is 4. The molecule has 4 rings (SSSR count). The van der Waals surface area contributed by atoms with E-state index in [2.05, 4.69) is 50.6 Å². The van der Waals surface area contributed by atoms with Crippen LogP contribution < -0.4 is 11.1 Å². The van der Waals surface area contributed by atoms with Gasteiger partial charge in [0, 0.05) is 28.7 Å². The molecular formula is C21H19N5. The summed E-state index contributed by atoms with van der Waals surface area (Å²) in [5.41, 5.74) is 11.9. The lowest BCUT2D eigenvalue weighted by atomic mass is 10.1. The third-order valence-electron chi connectivity index (χ3n) is 4.26. The van der Waals surface area contributed by atoms with Crippen molar-refractivity contribution >= 4 is 28.1 Å². The molecule has 0 saturated carbocycles. The van der Waals surface area contributed by atoms with E-state index in [0.717, 1.165) is 34.5 Å². The van der Waals surface area contributed by atoms with Gasteiger partial charge in [0.25, 0.3) is 0 Å². The van der Waals surface area contributed by atoms with E-state index >= 15 is 0 Å². The number of aryl methyl sites for hydroxylation is 1. The highest BCUT2D eigenvalue weighted by molar-refractivity contribution is 5.92. The number of nitrogens with zero attached hydrogens (tertiary/aromatic N) is 3.